The fourth-order valence-electron chi connectivity index (χ4n) is 4.48. The number of aliphatic hydroxyl groups is 2. The summed E-state index contributed by atoms with van der Waals surface area (Å²) in [6.45, 7) is 4.05. The maximum Gasteiger partial charge on any atom is 0.167 e. The summed E-state index contributed by atoms with van der Waals surface area (Å²) < 4.78 is 12.5. The molecule has 14 nitrogen and oxygen atoms in total. The third-order valence-corrected chi connectivity index (χ3v) is 6.70. The molecule has 0 saturated carbocycles. The lowest BCUT2D eigenvalue weighted by atomic mass is 10.1. The van der Waals surface area contributed by atoms with Crippen LogP contribution >= 0.6 is 0 Å². The van der Waals surface area contributed by atoms with Gasteiger partial charge in [-0.3, -0.25) is 4.57 Å². The normalized spacial score (nSPS) is 21.2. The number of benzene rings is 1. The van der Waals surface area contributed by atoms with Gasteiger partial charge in [-0.2, -0.15) is 5.11 Å². The topological polar surface area (TPSA) is 201 Å². The van der Waals surface area contributed by atoms with Gasteiger partial charge >= 0.3 is 0 Å². The molecule has 1 fully saturated rings. The highest BCUT2D eigenvalue weighted by molar-refractivity contribution is 5.81. The first-order valence-corrected chi connectivity index (χ1v) is 13.3. The second kappa shape index (κ2) is 14.7. The van der Waals surface area contributed by atoms with E-state index in [4.69, 9.17) is 20.7 Å². The van der Waals surface area contributed by atoms with E-state index in [9.17, 15) is 10.2 Å². The molecular weight excluding hydrogens is 516 g/mol. The van der Waals surface area contributed by atoms with Crippen molar-refractivity contribution in [2.45, 2.75) is 37.4 Å². The zero-order valence-electron chi connectivity index (χ0n) is 22.5. The van der Waals surface area contributed by atoms with Crippen LogP contribution in [0.1, 0.15) is 23.8 Å². The predicted octanol–water partition coefficient (Wildman–Crippen LogP) is 0.405. The van der Waals surface area contributed by atoms with Crippen molar-refractivity contribution in [1.82, 2.24) is 35.5 Å². The van der Waals surface area contributed by atoms with E-state index < -0.39 is 24.5 Å². The van der Waals surface area contributed by atoms with E-state index >= 15 is 0 Å². The van der Waals surface area contributed by atoms with E-state index in [0.717, 1.165) is 38.0 Å². The highest BCUT2D eigenvalue weighted by Crippen LogP contribution is 2.31. The number of anilines is 1. The number of nitrogens with zero attached hydrogens (tertiary/aromatic N) is 5. The molecule has 0 unspecified atom stereocenters. The fraction of sp³-hybridized carbons (Fsp3) is 0.500. The number of ether oxygens (including phenoxy) is 2. The summed E-state index contributed by atoms with van der Waals surface area (Å²) in [4.78, 5) is 12.3. The van der Waals surface area contributed by atoms with E-state index in [0.29, 0.717) is 36.6 Å². The molecule has 2 aromatic heterocycles. The number of hydrogen-bond acceptors (Lipinski definition) is 13. The van der Waals surface area contributed by atoms with E-state index in [2.05, 4.69) is 48.1 Å². The molecule has 1 saturated heterocycles. The summed E-state index contributed by atoms with van der Waals surface area (Å²) in [6, 6.07) is 8.05. The number of aromatic nitrogens is 4. The lowest BCUT2D eigenvalue weighted by Gasteiger charge is -2.16. The van der Waals surface area contributed by atoms with Crippen LogP contribution in [0, 0.1) is 5.53 Å². The van der Waals surface area contributed by atoms with Gasteiger partial charge in [0.25, 0.3) is 0 Å². The van der Waals surface area contributed by atoms with Crippen LogP contribution < -0.4 is 21.7 Å². The summed E-state index contributed by atoms with van der Waals surface area (Å²) in [5, 5.41) is 34.5. The Bertz CT molecular complexity index is 1250. The first kappa shape index (κ1) is 29.5. The molecular formula is C26H38N10O4. The minimum absolute atomic E-state index is 0.243. The molecule has 1 aromatic carbocycles. The number of aliphatic hydroxyl groups excluding tert-OH is 2. The van der Waals surface area contributed by atoms with Crippen molar-refractivity contribution in [1.29, 1.82) is 5.53 Å². The van der Waals surface area contributed by atoms with Crippen molar-refractivity contribution in [2.75, 3.05) is 52.2 Å². The van der Waals surface area contributed by atoms with E-state index in [1.165, 1.54) is 18.2 Å². The zero-order chi connectivity index (χ0) is 28.3. The monoisotopic (exact) mass is 554 g/mol. The standard InChI is InChI=1S/C26H38N10O4/c1-39-12-11-31-13-19(35-28)18-5-3-17(4-6-18)7-10-29-8-2-9-30-14-20-22(37)23(38)26(40-20)36-16-34-21-24(27)32-15-33-25(21)36/h3-6,13,15-16,20,22-23,26,28-31,37-38H,2,7-12,14H2,1H3,(H2,27,32,33)/b19-13-,35-28?/t20-,22-,23-,26-/m1/s1. The maximum absolute atomic E-state index is 10.6. The number of methoxy groups -OCH3 is 1. The largest absolute Gasteiger partial charge is 0.387 e. The average Bonchev–Trinajstić information content (AvgIpc) is 3.52. The number of hydrogen-bond donors (Lipinski definition) is 7. The van der Waals surface area contributed by atoms with Crippen LogP contribution in [0.4, 0.5) is 5.82 Å². The number of nitrogens with one attached hydrogen (secondary N) is 4. The van der Waals surface area contributed by atoms with Crippen molar-refractivity contribution < 1.29 is 19.7 Å². The van der Waals surface area contributed by atoms with Gasteiger partial charge in [-0.1, -0.05) is 24.3 Å². The van der Waals surface area contributed by atoms with E-state index in [1.807, 2.05) is 12.1 Å². The van der Waals surface area contributed by atoms with Crippen LogP contribution in [-0.2, 0) is 15.9 Å². The zero-order valence-corrected chi connectivity index (χ0v) is 22.5. The molecule has 0 amide bonds. The van der Waals surface area contributed by atoms with Gasteiger partial charge in [0.1, 0.15) is 35.9 Å². The van der Waals surface area contributed by atoms with Crippen LogP contribution in [0.5, 0.6) is 0 Å². The molecule has 0 aliphatic carbocycles. The summed E-state index contributed by atoms with van der Waals surface area (Å²) in [6.07, 6.45) is 2.74. The number of rotatable bonds is 16. The van der Waals surface area contributed by atoms with Gasteiger partial charge in [0, 0.05) is 32.0 Å². The van der Waals surface area contributed by atoms with Gasteiger partial charge in [-0.15, -0.1) is 0 Å². The third-order valence-electron chi connectivity index (χ3n) is 6.70. The molecule has 216 valence electrons. The molecule has 0 radical (unpaired) electrons. The Hall–Kier alpha value is -3.53. The first-order chi connectivity index (χ1) is 19.5. The van der Waals surface area contributed by atoms with Crippen molar-refractivity contribution >= 4 is 22.7 Å². The fourth-order valence-corrected chi connectivity index (χ4v) is 4.48. The molecule has 40 heavy (non-hydrogen) atoms. The Labute approximate surface area is 232 Å². The number of nitrogens with two attached hydrogens (primary N) is 1. The molecule has 4 atom stereocenters. The highest BCUT2D eigenvalue weighted by atomic mass is 16.6. The molecule has 14 heteroatoms. The van der Waals surface area contributed by atoms with Crippen LogP contribution in [0.25, 0.3) is 16.9 Å². The van der Waals surface area contributed by atoms with Crippen molar-refractivity contribution in [3.63, 3.8) is 0 Å². The summed E-state index contributed by atoms with van der Waals surface area (Å²) in [7, 11) is 1.64. The Morgan fingerprint density at radius 3 is 2.70 bits per heavy atom. The summed E-state index contributed by atoms with van der Waals surface area (Å²) >= 11 is 0. The molecule has 0 bridgehead atoms. The summed E-state index contributed by atoms with van der Waals surface area (Å²) in [5.74, 6) is 0.243. The molecule has 1 aliphatic heterocycles. The molecule has 3 heterocycles. The molecule has 0 spiro atoms. The smallest absolute Gasteiger partial charge is 0.167 e. The van der Waals surface area contributed by atoms with Gasteiger partial charge in [0.05, 0.1) is 12.9 Å². The van der Waals surface area contributed by atoms with Gasteiger partial charge in [-0.25, -0.2) is 20.5 Å². The summed E-state index contributed by atoms with van der Waals surface area (Å²) in [5.41, 5.74) is 16.8. The van der Waals surface area contributed by atoms with Crippen molar-refractivity contribution in [2.24, 2.45) is 5.11 Å². The predicted molar refractivity (Wildman–Crippen MR) is 149 cm³/mol. The maximum atomic E-state index is 10.6. The molecule has 1 aliphatic rings. The average molecular weight is 555 g/mol. The Balaban J connectivity index is 1.12. The second-order valence-electron chi connectivity index (χ2n) is 9.47. The minimum atomic E-state index is -1.13. The van der Waals surface area contributed by atoms with E-state index in [-0.39, 0.29) is 5.82 Å². The Morgan fingerprint density at radius 2 is 1.93 bits per heavy atom. The van der Waals surface area contributed by atoms with E-state index in [1.54, 1.807) is 17.9 Å². The quantitative estimate of drug-likeness (QED) is 0.0955. The van der Waals surface area contributed by atoms with Crippen LogP contribution in [0.2, 0.25) is 0 Å². The number of nitrogen functional groups attached to an aromatic ring is 1. The molecule has 3 aromatic rings. The molecule has 4 rings (SSSR count). The van der Waals surface area contributed by atoms with Crippen LogP contribution in [0.3, 0.4) is 0 Å². The number of fused-ring (bicyclic) bond motifs is 1. The van der Waals surface area contributed by atoms with Crippen molar-refractivity contribution in [3.05, 3.63) is 54.2 Å². The van der Waals surface area contributed by atoms with Crippen LogP contribution in [0.15, 0.2) is 48.2 Å². The lowest BCUT2D eigenvalue weighted by molar-refractivity contribution is -0.0341. The Morgan fingerprint density at radius 1 is 1.12 bits per heavy atom. The first-order valence-electron chi connectivity index (χ1n) is 13.3. The molecule has 8 N–H and O–H groups in total. The van der Waals surface area contributed by atoms with Gasteiger partial charge in [0.15, 0.2) is 17.7 Å². The SMILES string of the molecule is COCCN/C=C(\N=N)c1ccc(CCNCCCNC[C@H]2O[C@@H](n3cnc4c(N)ncnc43)[C@H](O)[C@@H]2O)cc1. The van der Waals surface area contributed by atoms with Gasteiger partial charge < -0.3 is 41.4 Å². The van der Waals surface area contributed by atoms with Gasteiger partial charge in [0.2, 0.25) is 0 Å². The third kappa shape index (κ3) is 7.35. The second-order valence-corrected chi connectivity index (χ2v) is 9.47. The lowest BCUT2D eigenvalue weighted by Crippen LogP contribution is -2.38. The van der Waals surface area contributed by atoms with Crippen LogP contribution in [-0.4, -0.2) is 94.5 Å². The minimum Gasteiger partial charge on any atom is -0.387 e. The Kier molecular flexibility index (Phi) is 10.9. The number of imidazole rings is 1. The highest BCUT2D eigenvalue weighted by Gasteiger charge is 2.44. The van der Waals surface area contributed by atoms with Gasteiger partial charge in [-0.05, 0) is 38.0 Å². The van der Waals surface area contributed by atoms with Crippen molar-refractivity contribution in [3.8, 4) is 0 Å².